The number of hydrogen-bond donors (Lipinski definition) is 2. The van der Waals surface area contributed by atoms with E-state index in [-0.39, 0.29) is 0 Å². The molecule has 0 amide bonds. The van der Waals surface area contributed by atoms with Crippen molar-refractivity contribution in [3.8, 4) is 0 Å². The molecule has 2 saturated heterocycles. The van der Waals surface area contributed by atoms with E-state index < -0.39 is 0 Å². The highest BCUT2D eigenvalue weighted by Gasteiger charge is 2.24. The number of hydrogen-bond acceptors (Lipinski definition) is 6. The summed E-state index contributed by atoms with van der Waals surface area (Å²) >= 11 is 0. The Kier molecular flexibility index (Phi) is 4.74. The van der Waals surface area contributed by atoms with E-state index in [0.717, 1.165) is 36.5 Å². The molecule has 1 unspecified atom stereocenters. The lowest BCUT2D eigenvalue weighted by atomic mass is 9.92. The molecule has 2 aliphatic heterocycles. The van der Waals surface area contributed by atoms with Gasteiger partial charge in [-0.2, -0.15) is 9.97 Å². The molecule has 0 bridgehead atoms. The molecule has 7 nitrogen and oxygen atoms in total. The lowest BCUT2D eigenvalue weighted by Crippen LogP contribution is -2.40. The van der Waals surface area contributed by atoms with Crippen molar-refractivity contribution in [2.24, 2.45) is 5.92 Å². The Bertz CT molecular complexity index is 705. The molecule has 0 spiro atoms. The fourth-order valence-corrected chi connectivity index (χ4v) is 4.24. The average Bonchev–Trinajstić information content (AvgIpc) is 3.11. The number of imidazole rings is 1. The minimum absolute atomic E-state index is 0.485. The van der Waals surface area contributed by atoms with Gasteiger partial charge in [0.2, 0.25) is 5.95 Å². The highest BCUT2D eigenvalue weighted by atomic mass is 15.3. The van der Waals surface area contributed by atoms with Crippen LogP contribution in [0.3, 0.4) is 0 Å². The van der Waals surface area contributed by atoms with E-state index in [1.165, 1.54) is 51.6 Å². The van der Waals surface area contributed by atoms with Crippen molar-refractivity contribution in [2.45, 2.75) is 51.5 Å². The first-order valence-electron chi connectivity index (χ1n) is 9.66. The van der Waals surface area contributed by atoms with Crippen molar-refractivity contribution >= 4 is 22.9 Å². The van der Waals surface area contributed by atoms with Gasteiger partial charge in [0, 0.05) is 19.1 Å². The Labute approximate surface area is 149 Å². The quantitative estimate of drug-likeness (QED) is 0.886. The van der Waals surface area contributed by atoms with E-state index in [2.05, 4.69) is 36.7 Å². The van der Waals surface area contributed by atoms with E-state index in [4.69, 9.17) is 5.73 Å². The summed E-state index contributed by atoms with van der Waals surface area (Å²) < 4.78 is 0. The number of aromatic nitrogens is 4. The third kappa shape index (κ3) is 3.56. The molecular weight excluding hydrogens is 314 g/mol. The smallest absolute Gasteiger partial charge is 0.229 e. The summed E-state index contributed by atoms with van der Waals surface area (Å²) in [6.45, 7) is 6.95. The second kappa shape index (κ2) is 7.15. The van der Waals surface area contributed by atoms with Gasteiger partial charge in [-0.15, -0.1) is 0 Å². The van der Waals surface area contributed by atoms with Crippen LogP contribution >= 0.6 is 0 Å². The number of piperidine rings is 2. The number of likely N-dealkylation sites (tertiary alicyclic amines) is 1. The standard InChI is InChI=1S/C18H29N7/c1-13-4-2-3-8-24(13)9-5-14-6-10-25(11-7-14)18-22-16(19)15-17(23-18)21-12-20-15/h12-14H,2-11H2,1H3,(H3,19,20,21,22,23). The molecule has 0 aromatic carbocycles. The van der Waals surface area contributed by atoms with Crippen molar-refractivity contribution in [1.82, 2.24) is 24.8 Å². The molecule has 2 aromatic heterocycles. The minimum atomic E-state index is 0.485. The van der Waals surface area contributed by atoms with Gasteiger partial charge in [-0.3, -0.25) is 0 Å². The van der Waals surface area contributed by atoms with Crippen LogP contribution < -0.4 is 10.6 Å². The van der Waals surface area contributed by atoms with E-state index >= 15 is 0 Å². The molecule has 0 saturated carbocycles. The SMILES string of the molecule is CC1CCCCN1CCC1CCN(c2nc(N)c3[nH]cnc3n2)CC1. The summed E-state index contributed by atoms with van der Waals surface area (Å²) in [5, 5.41) is 0. The van der Waals surface area contributed by atoms with Crippen LogP contribution in [-0.4, -0.2) is 57.1 Å². The van der Waals surface area contributed by atoms with Crippen LogP contribution in [0.25, 0.3) is 11.2 Å². The summed E-state index contributed by atoms with van der Waals surface area (Å²) in [7, 11) is 0. The maximum absolute atomic E-state index is 6.02. The van der Waals surface area contributed by atoms with Gasteiger partial charge in [0.05, 0.1) is 6.33 Å². The molecule has 7 heteroatoms. The highest BCUT2D eigenvalue weighted by Crippen LogP contribution is 2.26. The van der Waals surface area contributed by atoms with Gasteiger partial charge < -0.3 is 20.5 Å². The zero-order valence-corrected chi connectivity index (χ0v) is 15.1. The summed E-state index contributed by atoms with van der Waals surface area (Å²) in [5.74, 6) is 2.02. The van der Waals surface area contributed by atoms with Gasteiger partial charge in [0.25, 0.3) is 0 Å². The number of aromatic amines is 1. The lowest BCUT2D eigenvalue weighted by Gasteiger charge is -2.36. The van der Waals surface area contributed by atoms with Crippen molar-refractivity contribution in [1.29, 1.82) is 0 Å². The van der Waals surface area contributed by atoms with Crippen LogP contribution in [0.15, 0.2) is 6.33 Å². The van der Waals surface area contributed by atoms with Gasteiger partial charge in [0.1, 0.15) is 5.52 Å². The Balaban J connectivity index is 1.31. The largest absolute Gasteiger partial charge is 0.382 e. The van der Waals surface area contributed by atoms with Gasteiger partial charge >= 0.3 is 0 Å². The van der Waals surface area contributed by atoms with Crippen LogP contribution in [0.5, 0.6) is 0 Å². The number of anilines is 2. The van der Waals surface area contributed by atoms with Crippen molar-refractivity contribution < 1.29 is 0 Å². The number of nitrogen functional groups attached to an aromatic ring is 1. The molecule has 1 atom stereocenters. The van der Waals surface area contributed by atoms with Gasteiger partial charge in [-0.25, -0.2) is 4.98 Å². The molecule has 2 aliphatic rings. The van der Waals surface area contributed by atoms with Crippen LogP contribution in [0.4, 0.5) is 11.8 Å². The number of nitrogens with two attached hydrogens (primary N) is 1. The molecule has 4 heterocycles. The average molecular weight is 343 g/mol. The molecule has 3 N–H and O–H groups in total. The number of nitrogens with zero attached hydrogens (tertiary/aromatic N) is 5. The number of rotatable bonds is 4. The van der Waals surface area contributed by atoms with Gasteiger partial charge in [0.15, 0.2) is 11.5 Å². The summed E-state index contributed by atoms with van der Waals surface area (Å²) in [6, 6.07) is 0.769. The van der Waals surface area contributed by atoms with E-state index in [1.807, 2.05) is 0 Å². The Morgan fingerprint density at radius 3 is 2.80 bits per heavy atom. The fourth-order valence-electron chi connectivity index (χ4n) is 4.24. The summed E-state index contributed by atoms with van der Waals surface area (Å²) in [6.07, 6.45) is 9.50. The molecule has 25 heavy (non-hydrogen) atoms. The zero-order valence-electron chi connectivity index (χ0n) is 15.1. The molecule has 2 fully saturated rings. The highest BCUT2D eigenvalue weighted by molar-refractivity contribution is 5.82. The monoisotopic (exact) mass is 343 g/mol. The fraction of sp³-hybridized carbons (Fsp3) is 0.722. The van der Waals surface area contributed by atoms with Crippen molar-refractivity contribution in [3.63, 3.8) is 0 Å². The van der Waals surface area contributed by atoms with Crippen LogP contribution in [0, 0.1) is 5.92 Å². The van der Waals surface area contributed by atoms with Crippen molar-refractivity contribution in [2.75, 3.05) is 36.8 Å². The first-order chi connectivity index (χ1) is 12.2. The van der Waals surface area contributed by atoms with Crippen LogP contribution in [0.1, 0.15) is 45.4 Å². The molecule has 0 aliphatic carbocycles. The predicted molar refractivity (Wildman–Crippen MR) is 101 cm³/mol. The van der Waals surface area contributed by atoms with Crippen LogP contribution in [-0.2, 0) is 0 Å². The number of H-pyrrole nitrogens is 1. The van der Waals surface area contributed by atoms with Crippen LogP contribution in [0.2, 0.25) is 0 Å². The van der Waals surface area contributed by atoms with Crippen molar-refractivity contribution in [3.05, 3.63) is 6.33 Å². The Morgan fingerprint density at radius 1 is 1.16 bits per heavy atom. The lowest BCUT2D eigenvalue weighted by molar-refractivity contribution is 0.147. The third-order valence-corrected chi connectivity index (χ3v) is 5.96. The molecule has 136 valence electrons. The van der Waals surface area contributed by atoms with Gasteiger partial charge in [-0.05, 0) is 58.0 Å². The normalized spacial score (nSPS) is 23.4. The maximum Gasteiger partial charge on any atom is 0.229 e. The minimum Gasteiger partial charge on any atom is -0.382 e. The zero-order chi connectivity index (χ0) is 17.2. The second-order valence-corrected chi connectivity index (χ2v) is 7.61. The third-order valence-electron chi connectivity index (χ3n) is 5.96. The predicted octanol–water partition coefficient (Wildman–Crippen LogP) is 2.42. The first kappa shape index (κ1) is 16.6. The summed E-state index contributed by atoms with van der Waals surface area (Å²) in [4.78, 5) is 21.2. The molecule has 0 radical (unpaired) electrons. The summed E-state index contributed by atoms with van der Waals surface area (Å²) in [5.41, 5.74) is 7.41. The van der Waals surface area contributed by atoms with E-state index in [9.17, 15) is 0 Å². The Morgan fingerprint density at radius 2 is 2.00 bits per heavy atom. The topological polar surface area (TPSA) is 87.0 Å². The van der Waals surface area contributed by atoms with E-state index in [1.54, 1.807) is 6.33 Å². The molecular formula is C18H29N7. The first-order valence-corrected chi connectivity index (χ1v) is 9.66. The maximum atomic E-state index is 6.02. The molecule has 4 rings (SSSR count). The molecule has 2 aromatic rings. The Hall–Kier alpha value is -1.89. The number of fused-ring (bicyclic) bond motifs is 1. The van der Waals surface area contributed by atoms with E-state index in [0.29, 0.717) is 11.5 Å². The van der Waals surface area contributed by atoms with Gasteiger partial charge in [-0.1, -0.05) is 6.42 Å². The second-order valence-electron chi connectivity index (χ2n) is 7.61. The number of nitrogens with one attached hydrogen (secondary N) is 1.